The van der Waals surface area contributed by atoms with Crippen molar-refractivity contribution in [2.75, 3.05) is 0 Å². The lowest BCUT2D eigenvalue weighted by atomic mass is 10.2. The molecule has 102 valence electrons. The van der Waals surface area contributed by atoms with E-state index in [1.54, 1.807) is 18.2 Å². The third kappa shape index (κ3) is 2.59. The van der Waals surface area contributed by atoms with Crippen molar-refractivity contribution in [2.45, 2.75) is 0 Å². The number of nitrogens with zero attached hydrogens (tertiary/aromatic N) is 2. The first-order valence-corrected chi connectivity index (χ1v) is 7.94. The summed E-state index contributed by atoms with van der Waals surface area (Å²) in [5, 5.41) is 1.71. The molecule has 0 amide bonds. The van der Waals surface area contributed by atoms with E-state index in [1.807, 2.05) is 0 Å². The van der Waals surface area contributed by atoms with E-state index in [0.717, 1.165) is 0 Å². The fraction of sp³-hybridized carbons (Fsp3) is 0. The molecular formula is C12H3Cl5N2S. The Kier molecular flexibility index (Phi) is 4.01. The quantitative estimate of drug-likeness (QED) is 0.440. The van der Waals surface area contributed by atoms with E-state index in [9.17, 15) is 0 Å². The van der Waals surface area contributed by atoms with Crippen LogP contribution in [-0.4, -0.2) is 9.97 Å². The number of benzene rings is 1. The van der Waals surface area contributed by atoms with Crippen molar-refractivity contribution < 1.29 is 0 Å². The van der Waals surface area contributed by atoms with E-state index in [1.165, 1.54) is 11.3 Å². The summed E-state index contributed by atoms with van der Waals surface area (Å²) < 4.78 is 1.04. The molecule has 0 fully saturated rings. The van der Waals surface area contributed by atoms with Gasteiger partial charge in [0, 0.05) is 10.4 Å². The Balaban J connectivity index is 2.32. The first-order valence-electron chi connectivity index (χ1n) is 5.23. The fourth-order valence-electron chi connectivity index (χ4n) is 1.73. The molecule has 1 aromatic carbocycles. The third-order valence-electron chi connectivity index (χ3n) is 2.57. The lowest BCUT2D eigenvalue weighted by Crippen LogP contribution is -1.92. The van der Waals surface area contributed by atoms with Crippen LogP contribution in [0.5, 0.6) is 0 Å². The Labute approximate surface area is 143 Å². The van der Waals surface area contributed by atoms with E-state index in [-0.39, 0.29) is 5.15 Å². The monoisotopic (exact) mass is 382 g/mol. The third-order valence-corrected chi connectivity index (χ3v) is 4.85. The molecule has 2 heterocycles. The van der Waals surface area contributed by atoms with Gasteiger partial charge >= 0.3 is 0 Å². The Morgan fingerprint density at radius 3 is 2.30 bits per heavy atom. The highest BCUT2D eigenvalue weighted by Gasteiger charge is 2.15. The molecule has 2 aromatic heterocycles. The topological polar surface area (TPSA) is 25.8 Å². The predicted molar refractivity (Wildman–Crippen MR) is 87.9 cm³/mol. The first kappa shape index (κ1) is 14.6. The van der Waals surface area contributed by atoms with Gasteiger partial charge < -0.3 is 0 Å². The van der Waals surface area contributed by atoms with Gasteiger partial charge in [-0.1, -0.05) is 58.0 Å². The highest BCUT2D eigenvalue weighted by Crippen LogP contribution is 2.39. The van der Waals surface area contributed by atoms with Crippen molar-refractivity contribution in [1.82, 2.24) is 9.97 Å². The highest BCUT2D eigenvalue weighted by molar-refractivity contribution is 7.20. The molecule has 0 N–H and O–H groups in total. The Morgan fingerprint density at radius 2 is 1.65 bits per heavy atom. The van der Waals surface area contributed by atoms with Gasteiger partial charge in [0.25, 0.3) is 0 Å². The Morgan fingerprint density at radius 1 is 0.900 bits per heavy atom. The molecule has 0 spiro atoms. The maximum Gasteiger partial charge on any atom is 0.163 e. The number of fused-ring (bicyclic) bond motifs is 1. The zero-order valence-corrected chi connectivity index (χ0v) is 14.0. The molecule has 0 atom stereocenters. The largest absolute Gasteiger partial charge is 0.226 e. The number of rotatable bonds is 1. The zero-order chi connectivity index (χ0) is 14.4. The second kappa shape index (κ2) is 5.48. The van der Waals surface area contributed by atoms with Gasteiger partial charge in [0.15, 0.2) is 5.82 Å². The van der Waals surface area contributed by atoms with Crippen LogP contribution in [0.2, 0.25) is 23.9 Å². The summed E-state index contributed by atoms with van der Waals surface area (Å²) in [5.74, 6) is 0.375. The van der Waals surface area contributed by atoms with Crippen LogP contribution in [0, 0.1) is 0 Å². The number of aromatic nitrogens is 2. The highest BCUT2D eigenvalue weighted by atomic mass is 35.5. The Bertz CT molecular complexity index is 830. The average Bonchev–Trinajstić information content (AvgIpc) is 2.69. The van der Waals surface area contributed by atoms with Crippen LogP contribution >= 0.6 is 69.3 Å². The smallest absolute Gasteiger partial charge is 0.163 e. The van der Waals surface area contributed by atoms with Crippen LogP contribution in [0.1, 0.15) is 0 Å². The molecule has 0 unspecified atom stereocenters. The first-order chi connectivity index (χ1) is 9.45. The van der Waals surface area contributed by atoms with E-state index in [4.69, 9.17) is 58.0 Å². The molecule has 20 heavy (non-hydrogen) atoms. The summed E-state index contributed by atoms with van der Waals surface area (Å²) in [6.07, 6.45) is 0. The van der Waals surface area contributed by atoms with E-state index in [0.29, 0.717) is 41.0 Å². The molecule has 3 rings (SSSR count). The number of hydrogen-bond acceptors (Lipinski definition) is 3. The van der Waals surface area contributed by atoms with Crippen molar-refractivity contribution in [1.29, 1.82) is 0 Å². The van der Waals surface area contributed by atoms with E-state index < -0.39 is 0 Å². The molecule has 0 aliphatic carbocycles. The van der Waals surface area contributed by atoms with Crippen molar-refractivity contribution in [2.24, 2.45) is 0 Å². The lowest BCUT2D eigenvalue weighted by molar-refractivity contribution is 1.23. The minimum Gasteiger partial charge on any atom is -0.226 e. The number of hydrogen-bond donors (Lipinski definition) is 0. The maximum absolute atomic E-state index is 6.17. The molecule has 0 aliphatic rings. The van der Waals surface area contributed by atoms with Crippen LogP contribution in [-0.2, 0) is 0 Å². The molecule has 3 aromatic rings. The van der Waals surface area contributed by atoms with Gasteiger partial charge in [-0.15, -0.1) is 11.3 Å². The van der Waals surface area contributed by atoms with Gasteiger partial charge in [0.1, 0.15) is 9.49 Å². The van der Waals surface area contributed by atoms with Crippen LogP contribution < -0.4 is 0 Å². The van der Waals surface area contributed by atoms with Crippen molar-refractivity contribution >= 4 is 80.2 Å². The van der Waals surface area contributed by atoms with Gasteiger partial charge in [0.2, 0.25) is 0 Å². The van der Waals surface area contributed by atoms with Crippen molar-refractivity contribution in [3.05, 3.63) is 42.1 Å². The second-order valence-corrected chi connectivity index (χ2v) is 7.35. The zero-order valence-electron chi connectivity index (χ0n) is 9.42. The van der Waals surface area contributed by atoms with Crippen LogP contribution in [0.25, 0.3) is 22.3 Å². The molecule has 0 saturated carbocycles. The van der Waals surface area contributed by atoms with Gasteiger partial charge in [-0.05, 0) is 18.2 Å². The molecule has 8 heteroatoms. The van der Waals surface area contributed by atoms with Crippen LogP contribution in [0.3, 0.4) is 0 Å². The molecule has 0 saturated heterocycles. The summed E-state index contributed by atoms with van der Waals surface area (Å²) in [6.45, 7) is 0. The fourth-order valence-corrected chi connectivity index (χ4v) is 3.95. The summed E-state index contributed by atoms with van der Waals surface area (Å²) in [4.78, 5) is 8.63. The SMILES string of the molecule is Clc1cc(Cl)c2nc(-c3cc(Cl)sc3Cl)nc(Cl)c2c1. The van der Waals surface area contributed by atoms with E-state index in [2.05, 4.69) is 9.97 Å². The molecule has 0 aliphatic heterocycles. The van der Waals surface area contributed by atoms with E-state index >= 15 is 0 Å². The lowest BCUT2D eigenvalue weighted by Gasteiger charge is -2.06. The molecule has 2 nitrogen and oxygen atoms in total. The minimum absolute atomic E-state index is 0.257. The normalized spacial score (nSPS) is 11.2. The molecule has 0 bridgehead atoms. The average molecular weight is 385 g/mol. The summed E-state index contributed by atoms with van der Waals surface area (Å²) >= 11 is 31.5. The van der Waals surface area contributed by atoms with Crippen LogP contribution in [0.4, 0.5) is 0 Å². The second-order valence-electron chi connectivity index (χ2n) is 3.86. The standard InChI is InChI=1S/C12H3Cl5N2S/c13-4-1-5-9(7(14)2-4)18-12(19-10(5)16)6-3-8(15)20-11(6)17/h1-3H. The number of thiophene rings is 1. The van der Waals surface area contributed by atoms with Gasteiger partial charge in [-0.2, -0.15) is 0 Å². The van der Waals surface area contributed by atoms with Gasteiger partial charge in [0.05, 0.1) is 20.4 Å². The number of halogens is 5. The van der Waals surface area contributed by atoms with Crippen molar-refractivity contribution in [3.8, 4) is 11.4 Å². The maximum atomic E-state index is 6.17. The molecular weight excluding hydrogens is 381 g/mol. The minimum atomic E-state index is 0.257. The summed E-state index contributed by atoms with van der Waals surface area (Å²) in [7, 11) is 0. The predicted octanol–water partition coefficient (Wildman–Crippen LogP) is 6.63. The van der Waals surface area contributed by atoms with Crippen molar-refractivity contribution in [3.63, 3.8) is 0 Å². The van der Waals surface area contributed by atoms with Crippen LogP contribution in [0.15, 0.2) is 18.2 Å². The van der Waals surface area contributed by atoms with Gasteiger partial charge in [-0.3, -0.25) is 0 Å². The summed E-state index contributed by atoms with van der Waals surface area (Å²) in [5.41, 5.74) is 1.14. The molecule has 0 radical (unpaired) electrons. The summed E-state index contributed by atoms with van der Waals surface area (Å²) in [6, 6.07) is 4.95. The Hall–Kier alpha value is -0.290. The van der Waals surface area contributed by atoms with Gasteiger partial charge in [-0.25, -0.2) is 9.97 Å².